The van der Waals surface area contributed by atoms with Gasteiger partial charge in [0.05, 0.1) is 11.6 Å². The van der Waals surface area contributed by atoms with Crippen LogP contribution in [0.4, 0.5) is 24.0 Å². The molecule has 0 aromatic carbocycles. The Kier molecular flexibility index (Phi) is 17.2. The van der Waals surface area contributed by atoms with Crippen molar-refractivity contribution in [1.82, 2.24) is 47.9 Å². The number of alkyl carbamates (subject to hydrolysis) is 1. The summed E-state index contributed by atoms with van der Waals surface area (Å²) in [7, 11) is 1.52. The van der Waals surface area contributed by atoms with Gasteiger partial charge in [0.25, 0.3) is 0 Å². The van der Waals surface area contributed by atoms with E-state index in [9.17, 15) is 24.0 Å². The molecule has 0 radical (unpaired) electrons. The highest BCUT2D eigenvalue weighted by molar-refractivity contribution is 5.77. The van der Waals surface area contributed by atoms with Crippen molar-refractivity contribution in [3.63, 3.8) is 0 Å². The smallest absolute Gasteiger partial charge is 0.408 e. The second kappa shape index (κ2) is 18.8. The van der Waals surface area contributed by atoms with E-state index in [2.05, 4.69) is 47.9 Å². The Balaban J connectivity index is 4.63. The van der Waals surface area contributed by atoms with Crippen molar-refractivity contribution in [3.05, 3.63) is 0 Å². The summed E-state index contributed by atoms with van der Waals surface area (Å²) in [6, 6.07) is -2.62. The van der Waals surface area contributed by atoms with E-state index < -0.39 is 35.3 Å². The first kappa shape index (κ1) is 39.4. The maximum absolute atomic E-state index is 12.6. The summed E-state index contributed by atoms with van der Waals surface area (Å²) in [5.41, 5.74) is -1.40. The van der Waals surface area contributed by atoms with Gasteiger partial charge in [-0.15, -0.1) is 0 Å². The van der Waals surface area contributed by atoms with E-state index in [1.165, 1.54) is 7.05 Å². The summed E-state index contributed by atoms with van der Waals surface area (Å²) >= 11 is 0. The molecule has 0 unspecified atom stereocenters. The SMILES string of the molecule is CNC(=O)NC[C@H](CC(C)C)NC(=O)NC[C@H](C)NC(=O)NC[C@@H](NC(=O)NCC(C)(C)NC(=O)OC(C)(C)C)C(C)C. The lowest BCUT2D eigenvalue weighted by atomic mass is 10.0. The molecule has 3 atom stereocenters. The fourth-order valence-electron chi connectivity index (χ4n) is 3.68. The zero-order valence-corrected chi connectivity index (χ0v) is 27.9. The van der Waals surface area contributed by atoms with Crippen LogP contribution in [0, 0.1) is 11.8 Å². The van der Waals surface area contributed by atoms with Gasteiger partial charge in [-0.1, -0.05) is 27.7 Å². The molecule has 43 heavy (non-hydrogen) atoms. The number of carbonyl (C=O) groups excluding carboxylic acids is 5. The van der Waals surface area contributed by atoms with Crippen LogP contribution in [0.1, 0.15) is 75.7 Å². The average molecular weight is 616 g/mol. The van der Waals surface area contributed by atoms with Crippen molar-refractivity contribution in [1.29, 1.82) is 0 Å². The molecule has 9 N–H and O–H groups in total. The summed E-state index contributed by atoms with van der Waals surface area (Å²) in [6.07, 6.45) is 0.0998. The molecule has 0 aromatic rings. The molecule has 250 valence electrons. The van der Waals surface area contributed by atoms with E-state index in [1.54, 1.807) is 41.5 Å². The van der Waals surface area contributed by atoms with Crippen molar-refractivity contribution in [2.24, 2.45) is 11.8 Å². The van der Waals surface area contributed by atoms with Crippen LogP contribution in [0.5, 0.6) is 0 Å². The Labute approximate surface area is 256 Å². The number of nitrogens with one attached hydrogen (secondary N) is 9. The van der Waals surface area contributed by atoms with E-state index in [1.807, 2.05) is 27.7 Å². The maximum atomic E-state index is 12.6. The summed E-state index contributed by atoms with van der Waals surface area (Å²) in [5, 5.41) is 24.6. The van der Waals surface area contributed by atoms with Crippen molar-refractivity contribution in [2.45, 2.75) is 105 Å². The minimum absolute atomic E-state index is 0.0124. The molecule has 0 saturated carbocycles. The molecule has 0 bridgehead atoms. The van der Waals surface area contributed by atoms with E-state index in [4.69, 9.17) is 4.74 Å². The Hall–Kier alpha value is -3.65. The highest BCUT2D eigenvalue weighted by Gasteiger charge is 2.26. The van der Waals surface area contributed by atoms with Crippen LogP contribution in [-0.4, -0.2) is 92.7 Å². The van der Waals surface area contributed by atoms with Crippen LogP contribution < -0.4 is 47.9 Å². The normalized spacial score (nSPS) is 13.6. The fraction of sp³-hybridized carbons (Fsp3) is 0.821. The van der Waals surface area contributed by atoms with Gasteiger partial charge in [0.1, 0.15) is 5.60 Å². The van der Waals surface area contributed by atoms with E-state index >= 15 is 0 Å². The van der Waals surface area contributed by atoms with Crippen LogP contribution in [0.2, 0.25) is 0 Å². The van der Waals surface area contributed by atoms with Crippen molar-refractivity contribution >= 4 is 30.2 Å². The quantitative estimate of drug-likeness (QED) is 0.135. The first-order valence-electron chi connectivity index (χ1n) is 14.8. The third kappa shape index (κ3) is 20.8. The van der Waals surface area contributed by atoms with Gasteiger partial charge in [0, 0.05) is 45.3 Å². The first-order chi connectivity index (χ1) is 19.7. The molecule has 0 heterocycles. The zero-order valence-electron chi connectivity index (χ0n) is 27.9. The minimum atomic E-state index is -0.760. The highest BCUT2D eigenvalue weighted by Crippen LogP contribution is 2.09. The molecule has 0 aliphatic carbocycles. The van der Waals surface area contributed by atoms with E-state index in [-0.39, 0.29) is 56.3 Å². The molecule has 15 nitrogen and oxygen atoms in total. The van der Waals surface area contributed by atoms with Crippen molar-refractivity contribution in [2.75, 3.05) is 33.2 Å². The van der Waals surface area contributed by atoms with Crippen LogP contribution in [0.15, 0.2) is 0 Å². The third-order valence-corrected chi connectivity index (χ3v) is 5.91. The molecule has 15 heteroatoms. The maximum Gasteiger partial charge on any atom is 0.408 e. The van der Waals surface area contributed by atoms with Crippen molar-refractivity contribution in [3.8, 4) is 0 Å². The van der Waals surface area contributed by atoms with Gasteiger partial charge in [-0.3, -0.25) is 0 Å². The standard InChI is InChI=1S/C28H57N9O6/c1-17(2)12-20(14-31-22(38)29-11)35-24(40)30-13-19(5)34-23(39)32-15-21(18(3)4)36-25(41)33-16-28(9,10)37-26(42)43-27(6,7)8/h17-21H,12-16H2,1-11H3,(H,37,42)(H2,29,31,38)(H2,30,35,40)(H2,32,34,39)(H2,33,36,41)/t19-,20-,21+/m0/s1. The summed E-state index contributed by atoms with van der Waals surface area (Å²) in [6.45, 7) is 19.2. The van der Waals surface area contributed by atoms with Crippen molar-refractivity contribution < 1.29 is 28.7 Å². The minimum Gasteiger partial charge on any atom is -0.444 e. The number of amides is 9. The molecule has 0 aliphatic heterocycles. The van der Waals surface area contributed by atoms with Gasteiger partial charge in [-0.05, 0) is 59.8 Å². The van der Waals surface area contributed by atoms with Gasteiger partial charge >= 0.3 is 30.2 Å². The fourth-order valence-corrected chi connectivity index (χ4v) is 3.68. The van der Waals surface area contributed by atoms with Gasteiger partial charge in [-0.25, -0.2) is 24.0 Å². The lowest BCUT2D eigenvalue weighted by Gasteiger charge is -2.29. The lowest BCUT2D eigenvalue weighted by Crippen LogP contribution is -2.56. The second-order valence-corrected chi connectivity index (χ2v) is 13.1. The monoisotopic (exact) mass is 615 g/mol. The summed E-state index contributed by atoms with van der Waals surface area (Å²) in [5.74, 6) is 0.322. The van der Waals surface area contributed by atoms with E-state index in [0.29, 0.717) is 12.3 Å². The number of hydrogen-bond acceptors (Lipinski definition) is 6. The Bertz CT molecular complexity index is 906. The van der Waals surface area contributed by atoms with Crippen LogP contribution in [0.3, 0.4) is 0 Å². The summed E-state index contributed by atoms with van der Waals surface area (Å²) in [4.78, 5) is 61.0. The number of hydrogen-bond donors (Lipinski definition) is 9. The number of urea groups is 4. The highest BCUT2D eigenvalue weighted by atomic mass is 16.6. The predicted octanol–water partition coefficient (Wildman–Crippen LogP) is 1.94. The summed E-state index contributed by atoms with van der Waals surface area (Å²) < 4.78 is 5.27. The average Bonchev–Trinajstić information content (AvgIpc) is 2.85. The largest absolute Gasteiger partial charge is 0.444 e. The first-order valence-corrected chi connectivity index (χ1v) is 14.8. The molecular weight excluding hydrogens is 558 g/mol. The molecule has 0 fully saturated rings. The Morgan fingerprint density at radius 1 is 0.674 bits per heavy atom. The van der Waals surface area contributed by atoms with Crippen LogP contribution >= 0.6 is 0 Å². The Morgan fingerprint density at radius 3 is 1.74 bits per heavy atom. The van der Waals surface area contributed by atoms with Gasteiger partial charge in [0.15, 0.2) is 0 Å². The molecular formula is C28H57N9O6. The molecule has 9 amide bonds. The second-order valence-electron chi connectivity index (χ2n) is 13.1. The van der Waals surface area contributed by atoms with Gasteiger partial charge in [0.2, 0.25) is 0 Å². The van der Waals surface area contributed by atoms with Crippen LogP contribution in [0.25, 0.3) is 0 Å². The predicted molar refractivity (Wildman–Crippen MR) is 167 cm³/mol. The van der Waals surface area contributed by atoms with Crippen LogP contribution in [-0.2, 0) is 4.74 Å². The molecule has 0 aliphatic rings. The Morgan fingerprint density at radius 2 is 1.21 bits per heavy atom. The zero-order chi connectivity index (χ0) is 33.4. The number of rotatable bonds is 15. The van der Waals surface area contributed by atoms with E-state index in [0.717, 1.165) is 0 Å². The van der Waals surface area contributed by atoms with Gasteiger partial charge in [-0.2, -0.15) is 0 Å². The molecule has 0 saturated heterocycles. The number of ether oxygens (including phenoxy) is 1. The topological polar surface area (TPSA) is 203 Å². The third-order valence-electron chi connectivity index (χ3n) is 5.91. The molecule has 0 aromatic heterocycles. The number of carbonyl (C=O) groups is 5. The lowest BCUT2D eigenvalue weighted by molar-refractivity contribution is 0.0472. The molecule has 0 spiro atoms. The molecule has 0 rings (SSSR count). The van der Waals surface area contributed by atoms with Gasteiger partial charge < -0.3 is 52.6 Å².